The molecule has 1 N–H and O–H groups in total. The van der Waals surface area contributed by atoms with Crippen LogP contribution in [0.5, 0.6) is 0 Å². The van der Waals surface area contributed by atoms with E-state index in [1.807, 2.05) is 19.9 Å². The number of hydrogen-bond donors (Lipinski definition) is 1. The summed E-state index contributed by atoms with van der Waals surface area (Å²) in [6, 6.07) is 1.81. The van der Waals surface area contributed by atoms with Gasteiger partial charge in [-0.3, -0.25) is 9.48 Å². The van der Waals surface area contributed by atoms with Crippen molar-refractivity contribution >= 4 is 15.9 Å². The van der Waals surface area contributed by atoms with Crippen molar-refractivity contribution in [1.29, 1.82) is 0 Å². The van der Waals surface area contributed by atoms with Gasteiger partial charge in [0, 0.05) is 12.5 Å². The van der Waals surface area contributed by atoms with Gasteiger partial charge < -0.3 is 9.73 Å². The number of carbonyl (C=O) groups is 1. The second-order valence-electron chi connectivity index (χ2n) is 6.35. The number of rotatable bonds is 5. The van der Waals surface area contributed by atoms with Crippen molar-refractivity contribution in [1.82, 2.24) is 24.4 Å². The molecule has 1 aliphatic rings. The standard InChI is InChI=1S/C15H21N5O4S/c1-10(2)14-13(17-9-24-14)15(21)16-7-11-6-12-8-19(25(3,22)23)4-5-20(12)18-11/h6,9-10H,4-5,7-8H2,1-3H3,(H,16,21). The molecule has 3 heterocycles. The Kier molecular flexibility index (Phi) is 4.65. The summed E-state index contributed by atoms with van der Waals surface area (Å²) in [5.41, 5.74) is 1.76. The predicted octanol–water partition coefficient (Wildman–Crippen LogP) is 0.700. The molecule has 2 aromatic rings. The first-order valence-electron chi connectivity index (χ1n) is 7.98. The average Bonchev–Trinajstić information content (AvgIpc) is 3.17. The number of hydrogen-bond acceptors (Lipinski definition) is 6. The zero-order chi connectivity index (χ0) is 18.2. The summed E-state index contributed by atoms with van der Waals surface area (Å²) in [7, 11) is -3.22. The molecule has 0 saturated carbocycles. The van der Waals surface area contributed by atoms with Crippen molar-refractivity contribution in [2.75, 3.05) is 12.8 Å². The molecule has 136 valence electrons. The molecular formula is C15H21N5O4S. The number of aromatic nitrogens is 3. The molecular weight excluding hydrogens is 346 g/mol. The molecule has 0 unspecified atom stereocenters. The van der Waals surface area contributed by atoms with E-state index >= 15 is 0 Å². The van der Waals surface area contributed by atoms with Crippen LogP contribution >= 0.6 is 0 Å². The first-order valence-corrected chi connectivity index (χ1v) is 9.83. The van der Waals surface area contributed by atoms with E-state index in [1.54, 1.807) is 4.68 Å². The molecule has 10 heteroatoms. The van der Waals surface area contributed by atoms with Gasteiger partial charge in [-0.25, -0.2) is 13.4 Å². The molecule has 0 saturated heterocycles. The van der Waals surface area contributed by atoms with Gasteiger partial charge in [-0.2, -0.15) is 9.40 Å². The summed E-state index contributed by atoms with van der Waals surface area (Å²) in [5, 5.41) is 7.19. The van der Waals surface area contributed by atoms with E-state index in [4.69, 9.17) is 4.42 Å². The minimum atomic E-state index is -3.22. The Morgan fingerprint density at radius 2 is 2.16 bits per heavy atom. The molecule has 9 nitrogen and oxygen atoms in total. The largest absolute Gasteiger partial charge is 0.447 e. The quantitative estimate of drug-likeness (QED) is 0.833. The van der Waals surface area contributed by atoms with Crippen molar-refractivity contribution < 1.29 is 17.6 Å². The first-order chi connectivity index (χ1) is 11.8. The van der Waals surface area contributed by atoms with Crippen molar-refractivity contribution in [3.8, 4) is 0 Å². The maximum Gasteiger partial charge on any atom is 0.273 e. The molecule has 0 atom stereocenters. The summed E-state index contributed by atoms with van der Waals surface area (Å²) in [4.78, 5) is 16.2. The summed E-state index contributed by atoms with van der Waals surface area (Å²) < 4.78 is 31.8. The third-order valence-electron chi connectivity index (χ3n) is 4.05. The summed E-state index contributed by atoms with van der Waals surface area (Å²) in [6.45, 7) is 5.28. The fourth-order valence-corrected chi connectivity index (χ4v) is 3.54. The topological polar surface area (TPSA) is 110 Å². The second-order valence-corrected chi connectivity index (χ2v) is 8.33. The molecule has 0 aromatic carbocycles. The lowest BCUT2D eigenvalue weighted by atomic mass is 10.1. The van der Waals surface area contributed by atoms with E-state index in [-0.39, 0.29) is 24.1 Å². The Labute approximate surface area is 146 Å². The number of nitrogens with zero attached hydrogens (tertiary/aromatic N) is 4. The van der Waals surface area contributed by atoms with Gasteiger partial charge in [0.15, 0.2) is 12.1 Å². The Morgan fingerprint density at radius 1 is 1.40 bits per heavy atom. The molecule has 3 rings (SSSR count). The number of oxazole rings is 1. The van der Waals surface area contributed by atoms with Gasteiger partial charge in [0.05, 0.1) is 37.3 Å². The van der Waals surface area contributed by atoms with E-state index < -0.39 is 10.0 Å². The molecule has 1 amide bonds. The van der Waals surface area contributed by atoms with Gasteiger partial charge in [-0.1, -0.05) is 13.8 Å². The van der Waals surface area contributed by atoms with E-state index in [0.717, 1.165) is 5.69 Å². The third-order valence-corrected chi connectivity index (χ3v) is 5.30. The van der Waals surface area contributed by atoms with E-state index in [0.29, 0.717) is 31.1 Å². The van der Waals surface area contributed by atoms with Crippen molar-refractivity contribution in [2.45, 2.75) is 39.4 Å². The molecule has 25 heavy (non-hydrogen) atoms. The smallest absolute Gasteiger partial charge is 0.273 e. The molecule has 0 radical (unpaired) electrons. The highest BCUT2D eigenvalue weighted by Gasteiger charge is 2.25. The Morgan fingerprint density at radius 3 is 2.84 bits per heavy atom. The monoisotopic (exact) mass is 367 g/mol. The third kappa shape index (κ3) is 3.74. The molecule has 0 aliphatic carbocycles. The van der Waals surface area contributed by atoms with Crippen LogP contribution in [0.15, 0.2) is 16.9 Å². The van der Waals surface area contributed by atoms with Gasteiger partial charge in [0.25, 0.3) is 5.91 Å². The number of nitrogens with one attached hydrogen (secondary N) is 1. The second kappa shape index (κ2) is 6.60. The Bertz CT molecular complexity index is 884. The number of sulfonamides is 1. The van der Waals surface area contributed by atoms with E-state index in [9.17, 15) is 13.2 Å². The van der Waals surface area contributed by atoms with Crippen LogP contribution < -0.4 is 5.32 Å². The van der Waals surface area contributed by atoms with Gasteiger partial charge >= 0.3 is 0 Å². The van der Waals surface area contributed by atoms with Crippen LogP contribution in [0.4, 0.5) is 0 Å². The van der Waals surface area contributed by atoms with Crippen molar-refractivity contribution in [3.63, 3.8) is 0 Å². The highest BCUT2D eigenvalue weighted by Crippen LogP contribution is 2.19. The normalized spacial score (nSPS) is 15.4. The van der Waals surface area contributed by atoms with Gasteiger partial charge in [0.1, 0.15) is 5.76 Å². The summed E-state index contributed by atoms with van der Waals surface area (Å²) >= 11 is 0. The van der Waals surface area contributed by atoms with Gasteiger partial charge in [0.2, 0.25) is 10.0 Å². The molecule has 1 aliphatic heterocycles. The molecule has 0 spiro atoms. The van der Waals surface area contributed by atoms with Crippen LogP contribution in [0, 0.1) is 0 Å². The SMILES string of the molecule is CC(C)c1ocnc1C(=O)NCc1cc2n(n1)CCN(S(C)(=O)=O)C2. The fraction of sp³-hybridized carbons (Fsp3) is 0.533. The lowest BCUT2D eigenvalue weighted by Crippen LogP contribution is -2.37. The Hall–Kier alpha value is -2.20. The number of fused-ring (bicyclic) bond motifs is 1. The van der Waals surface area contributed by atoms with Gasteiger partial charge in [-0.15, -0.1) is 0 Å². The molecule has 2 aromatic heterocycles. The average molecular weight is 367 g/mol. The lowest BCUT2D eigenvalue weighted by Gasteiger charge is -2.25. The Balaban J connectivity index is 1.66. The maximum atomic E-state index is 12.3. The first kappa shape index (κ1) is 17.6. The number of carbonyl (C=O) groups excluding carboxylic acids is 1. The van der Waals surface area contributed by atoms with E-state index in [1.165, 1.54) is 17.0 Å². The maximum absolute atomic E-state index is 12.3. The van der Waals surface area contributed by atoms with Crippen LogP contribution in [-0.2, 0) is 29.7 Å². The van der Waals surface area contributed by atoms with Crippen LogP contribution in [0.25, 0.3) is 0 Å². The van der Waals surface area contributed by atoms with Crippen molar-refractivity contribution in [3.05, 3.63) is 35.3 Å². The highest BCUT2D eigenvalue weighted by atomic mass is 32.2. The fourth-order valence-electron chi connectivity index (χ4n) is 2.76. The van der Waals surface area contributed by atoms with Crippen LogP contribution in [0.3, 0.4) is 0 Å². The van der Waals surface area contributed by atoms with Crippen LogP contribution in [0.1, 0.15) is 47.4 Å². The lowest BCUT2D eigenvalue weighted by molar-refractivity contribution is 0.0943. The summed E-state index contributed by atoms with van der Waals surface area (Å²) in [6.07, 6.45) is 2.46. The molecule has 0 bridgehead atoms. The van der Waals surface area contributed by atoms with Crippen LogP contribution in [0.2, 0.25) is 0 Å². The van der Waals surface area contributed by atoms with Crippen molar-refractivity contribution in [2.24, 2.45) is 0 Å². The zero-order valence-electron chi connectivity index (χ0n) is 14.4. The van der Waals surface area contributed by atoms with Gasteiger partial charge in [-0.05, 0) is 6.07 Å². The molecule has 0 fully saturated rings. The summed E-state index contributed by atoms with van der Waals surface area (Å²) in [5.74, 6) is 0.289. The van der Waals surface area contributed by atoms with E-state index in [2.05, 4.69) is 15.4 Å². The minimum Gasteiger partial charge on any atom is -0.447 e. The highest BCUT2D eigenvalue weighted by molar-refractivity contribution is 7.88. The zero-order valence-corrected chi connectivity index (χ0v) is 15.2. The predicted molar refractivity (Wildman–Crippen MR) is 89.2 cm³/mol. The van der Waals surface area contributed by atoms with Crippen LogP contribution in [-0.4, -0.2) is 46.2 Å². The number of amides is 1. The minimum absolute atomic E-state index is 0.0603.